The third kappa shape index (κ3) is 1.29. The zero-order valence-corrected chi connectivity index (χ0v) is 9.87. The fraction of sp³-hybridized carbons (Fsp3) is 0.667. The first-order valence-electron chi connectivity index (χ1n) is 6.45. The van der Waals surface area contributed by atoms with Crippen LogP contribution in [-0.4, -0.2) is 27.9 Å². The maximum atomic E-state index is 4.29. The second kappa shape index (κ2) is 3.32. The van der Waals surface area contributed by atoms with Crippen molar-refractivity contribution in [3.05, 3.63) is 17.6 Å². The minimum absolute atomic E-state index is 0.442. The van der Waals surface area contributed by atoms with Crippen molar-refractivity contribution in [1.82, 2.24) is 20.1 Å². The predicted molar refractivity (Wildman–Crippen MR) is 64.4 cm³/mol. The monoisotopic (exact) mass is 231 g/mol. The first-order chi connectivity index (χ1) is 8.37. The molecule has 0 amide bonds. The summed E-state index contributed by atoms with van der Waals surface area (Å²) in [4.78, 5) is 4.24. The molecule has 1 aromatic heterocycles. The Morgan fingerprint density at radius 2 is 2.12 bits per heavy atom. The topological polar surface area (TPSA) is 54.8 Å². The van der Waals surface area contributed by atoms with Crippen molar-refractivity contribution in [2.75, 3.05) is 18.4 Å². The Kier molecular flexibility index (Phi) is 1.88. The normalized spacial score (nSPS) is 25.6. The van der Waals surface area contributed by atoms with Crippen LogP contribution in [0.3, 0.4) is 0 Å². The van der Waals surface area contributed by atoms with Gasteiger partial charge in [0.15, 0.2) is 0 Å². The Morgan fingerprint density at radius 3 is 3.00 bits per heavy atom. The van der Waals surface area contributed by atoms with E-state index in [9.17, 15) is 0 Å². The number of hydrogen-bond donors (Lipinski definition) is 2. The summed E-state index contributed by atoms with van der Waals surface area (Å²) >= 11 is 0. The van der Waals surface area contributed by atoms with E-state index in [4.69, 9.17) is 0 Å². The maximum absolute atomic E-state index is 4.29. The number of rotatable bonds is 0. The Hall–Kier alpha value is -1.36. The van der Waals surface area contributed by atoms with Crippen molar-refractivity contribution in [2.24, 2.45) is 5.41 Å². The van der Waals surface area contributed by atoms with E-state index in [0.29, 0.717) is 5.41 Å². The molecule has 0 unspecified atom stereocenters. The molecule has 3 aliphatic rings. The summed E-state index contributed by atoms with van der Waals surface area (Å²) in [6.45, 7) is 3.25. The van der Waals surface area contributed by atoms with Crippen molar-refractivity contribution in [3.63, 3.8) is 0 Å². The first-order valence-corrected chi connectivity index (χ1v) is 6.45. The summed E-state index contributed by atoms with van der Waals surface area (Å²) in [5.41, 5.74) is 3.46. The zero-order chi connectivity index (χ0) is 11.3. The summed E-state index contributed by atoms with van der Waals surface area (Å²) in [5.74, 6) is 0.912. The molecule has 0 bridgehead atoms. The highest BCUT2D eigenvalue weighted by Crippen LogP contribution is 2.50. The molecule has 0 radical (unpaired) electrons. The number of allylic oxidation sites excluding steroid dienone is 2. The Balaban J connectivity index is 1.72. The second-order valence-electron chi connectivity index (χ2n) is 5.35. The third-order valence-electron chi connectivity index (χ3n) is 4.60. The van der Waals surface area contributed by atoms with Crippen molar-refractivity contribution < 1.29 is 0 Å². The van der Waals surface area contributed by atoms with Gasteiger partial charge < -0.3 is 10.6 Å². The lowest BCUT2D eigenvalue weighted by Crippen LogP contribution is -2.38. The van der Waals surface area contributed by atoms with Crippen LogP contribution in [0.15, 0.2) is 17.6 Å². The number of nitrogens with zero attached hydrogens (tertiary/aromatic N) is 3. The number of anilines is 1. The summed E-state index contributed by atoms with van der Waals surface area (Å²) in [5, 5.41) is 11.2. The quantitative estimate of drug-likeness (QED) is 0.702. The highest BCUT2D eigenvalue weighted by molar-refractivity contribution is 5.45. The summed E-state index contributed by atoms with van der Waals surface area (Å²) in [7, 11) is 0. The SMILES string of the molecule is c1nc2n(n1)CC1=C(CCC13CCNCC3)N2. The summed E-state index contributed by atoms with van der Waals surface area (Å²) < 4.78 is 1.99. The fourth-order valence-corrected chi connectivity index (χ4v) is 3.61. The molecular weight excluding hydrogens is 214 g/mol. The molecule has 0 aromatic carbocycles. The van der Waals surface area contributed by atoms with Crippen LogP contribution in [0.1, 0.15) is 25.7 Å². The van der Waals surface area contributed by atoms with Gasteiger partial charge in [-0.05, 0) is 49.8 Å². The molecule has 1 aromatic rings. The molecule has 5 heteroatoms. The highest BCUT2D eigenvalue weighted by Gasteiger charge is 2.43. The maximum Gasteiger partial charge on any atom is 0.225 e. The van der Waals surface area contributed by atoms with Gasteiger partial charge in [-0.15, -0.1) is 0 Å². The van der Waals surface area contributed by atoms with Gasteiger partial charge in [0.2, 0.25) is 5.95 Å². The van der Waals surface area contributed by atoms with E-state index in [1.165, 1.54) is 31.4 Å². The lowest BCUT2D eigenvalue weighted by molar-refractivity contribution is 0.241. The van der Waals surface area contributed by atoms with E-state index in [-0.39, 0.29) is 0 Å². The van der Waals surface area contributed by atoms with E-state index in [1.807, 2.05) is 4.68 Å². The van der Waals surface area contributed by atoms with E-state index in [2.05, 4.69) is 20.7 Å². The second-order valence-corrected chi connectivity index (χ2v) is 5.35. The molecule has 90 valence electrons. The van der Waals surface area contributed by atoms with Crippen LogP contribution in [0.25, 0.3) is 0 Å². The van der Waals surface area contributed by atoms with E-state index in [0.717, 1.165) is 25.6 Å². The number of hydrogen-bond acceptors (Lipinski definition) is 4. The molecule has 2 N–H and O–H groups in total. The van der Waals surface area contributed by atoms with Crippen LogP contribution in [0.5, 0.6) is 0 Å². The lowest BCUT2D eigenvalue weighted by atomic mass is 9.73. The van der Waals surface area contributed by atoms with Gasteiger partial charge in [0.25, 0.3) is 0 Å². The van der Waals surface area contributed by atoms with Crippen molar-refractivity contribution in [3.8, 4) is 0 Å². The van der Waals surface area contributed by atoms with Gasteiger partial charge in [0.1, 0.15) is 6.33 Å². The molecule has 3 heterocycles. The number of nitrogens with one attached hydrogen (secondary N) is 2. The van der Waals surface area contributed by atoms with E-state index >= 15 is 0 Å². The smallest absolute Gasteiger partial charge is 0.225 e. The zero-order valence-electron chi connectivity index (χ0n) is 9.87. The Labute approximate surface area is 100 Å². The molecular formula is C12H17N5. The molecule has 1 fully saturated rings. The van der Waals surface area contributed by atoms with Gasteiger partial charge in [-0.25, -0.2) is 4.68 Å². The van der Waals surface area contributed by atoms with Gasteiger partial charge >= 0.3 is 0 Å². The van der Waals surface area contributed by atoms with Crippen LogP contribution in [0, 0.1) is 5.41 Å². The Morgan fingerprint density at radius 1 is 1.24 bits per heavy atom. The average molecular weight is 231 g/mol. The van der Waals surface area contributed by atoms with E-state index < -0.39 is 0 Å². The number of piperidine rings is 1. The third-order valence-corrected chi connectivity index (χ3v) is 4.60. The van der Waals surface area contributed by atoms with Gasteiger partial charge in [-0.2, -0.15) is 10.1 Å². The molecule has 17 heavy (non-hydrogen) atoms. The summed E-state index contributed by atoms with van der Waals surface area (Å²) in [6.07, 6.45) is 6.67. The van der Waals surface area contributed by atoms with E-state index in [1.54, 1.807) is 11.9 Å². The predicted octanol–water partition coefficient (Wildman–Crippen LogP) is 1.12. The Bertz CT molecular complexity index is 481. The molecule has 1 aliphatic carbocycles. The van der Waals surface area contributed by atoms with Crippen LogP contribution in [0.4, 0.5) is 5.95 Å². The summed E-state index contributed by atoms with van der Waals surface area (Å²) in [6, 6.07) is 0. The van der Waals surface area contributed by atoms with Crippen molar-refractivity contribution >= 4 is 5.95 Å². The molecule has 0 saturated carbocycles. The molecule has 4 rings (SSSR count). The van der Waals surface area contributed by atoms with Crippen molar-refractivity contribution in [2.45, 2.75) is 32.2 Å². The molecule has 1 saturated heterocycles. The molecule has 1 spiro atoms. The van der Waals surface area contributed by atoms with Crippen LogP contribution >= 0.6 is 0 Å². The molecule has 2 aliphatic heterocycles. The fourth-order valence-electron chi connectivity index (χ4n) is 3.61. The minimum atomic E-state index is 0.442. The average Bonchev–Trinajstić information content (AvgIpc) is 2.94. The number of aromatic nitrogens is 3. The minimum Gasteiger partial charge on any atom is -0.328 e. The van der Waals surface area contributed by atoms with Crippen molar-refractivity contribution in [1.29, 1.82) is 0 Å². The first kappa shape index (κ1) is 9.65. The molecule has 0 atom stereocenters. The molecule has 5 nitrogen and oxygen atoms in total. The lowest BCUT2D eigenvalue weighted by Gasteiger charge is -2.37. The number of fused-ring (bicyclic) bond motifs is 2. The van der Waals surface area contributed by atoms with Gasteiger partial charge in [0.05, 0.1) is 6.54 Å². The van der Waals surface area contributed by atoms with Crippen LogP contribution in [0.2, 0.25) is 0 Å². The largest absolute Gasteiger partial charge is 0.328 e. The van der Waals surface area contributed by atoms with Gasteiger partial charge in [0, 0.05) is 5.70 Å². The van der Waals surface area contributed by atoms with Gasteiger partial charge in [-0.3, -0.25) is 0 Å². The van der Waals surface area contributed by atoms with Crippen LogP contribution < -0.4 is 10.6 Å². The standard InChI is InChI=1S/C12H17N5/c1-2-12(3-5-13-6-4-12)9-7-17-11(14-8-15-17)16-10(1)9/h8,13H,1-7H2,(H,14,15,16). The highest BCUT2D eigenvalue weighted by atomic mass is 15.4. The van der Waals surface area contributed by atoms with Gasteiger partial charge in [-0.1, -0.05) is 0 Å². The van der Waals surface area contributed by atoms with Crippen LogP contribution in [-0.2, 0) is 6.54 Å².